The number of nitrogens with one attached hydrogen (secondary N) is 1. The van der Waals surface area contributed by atoms with Crippen LogP contribution in [0, 0.1) is 5.92 Å². The Balaban J connectivity index is 2.06. The fourth-order valence-electron chi connectivity index (χ4n) is 3.11. The average molecular weight is 369 g/mol. The summed E-state index contributed by atoms with van der Waals surface area (Å²) in [6, 6.07) is 7.37. The van der Waals surface area contributed by atoms with Crippen LogP contribution in [0.5, 0.6) is 0 Å². The number of rotatable bonds is 6. The first-order valence-corrected chi connectivity index (χ1v) is 10.5. The fraction of sp³-hybridized carbons (Fsp3) is 0.684. The summed E-state index contributed by atoms with van der Waals surface area (Å²) in [6.07, 6.45) is 0. The average Bonchev–Trinajstić information content (AvgIpc) is 2.55. The summed E-state index contributed by atoms with van der Waals surface area (Å²) in [5.41, 5.74) is 1.13. The Morgan fingerprint density at radius 3 is 2.16 bits per heavy atom. The molecular formula is C19H32N2O3S. The third-order valence-corrected chi connectivity index (χ3v) is 6.24. The van der Waals surface area contributed by atoms with Crippen molar-refractivity contribution in [2.45, 2.75) is 51.0 Å². The van der Waals surface area contributed by atoms with Gasteiger partial charge in [0.05, 0.1) is 18.1 Å². The second kappa shape index (κ2) is 8.16. The second-order valence-corrected chi connectivity index (χ2v) is 9.85. The van der Waals surface area contributed by atoms with E-state index in [9.17, 15) is 8.42 Å². The first kappa shape index (κ1) is 20.4. The quantitative estimate of drug-likeness (QED) is 0.839. The molecule has 1 atom stereocenters. The van der Waals surface area contributed by atoms with E-state index in [0.717, 1.165) is 18.7 Å². The summed E-state index contributed by atoms with van der Waals surface area (Å²) in [5.74, 6) is 0.365. The van der Waals surface area contributed by atoms with E-state index in [-0.39, 0.29) is 11.5 Å². The van der Waals surface area contributed by atoms with E-state index in [1.165, 1.54) is 0 Å². The molecule has 5 nitrogen and oxygen atoms in total. The lowest BCUT2D eigenvalue weighted by molar-refractivity contribution is 0.00776. The lowest BCUT2D eigenvalue weighted by atomic mass is 9.87. The standard InChI is InChI=1S/C19H32N2O3S/c1-15(2)18(21-10-12-24-13-11-21)14-20-25(22,23)17-8-6-16(7-9-17)19(3,4)5/h6-9,15,18,20H,10-14H2,1-5H3/t18-/m1/s1. The molecule has 0 amide bonds. The molecule has 25 heavy (non-hydrogen) atoms. The van der Waals surface area contributed by atoms with Gasteiger partial charge < -0.3 is 4.74 Å². The highest BCUT2D eigenvalue weighted by Crippen LogP contribution is 2.23. The summed E-state index contributed by atoms with van der Waals surface area (Å²) in [6.45, 7) is 14.2. The molecule has 0 bridgehead atoms. The van der Waals surface area contributed by atoms with Gasteiger partial charge in [0, 0.05) is 25.7 Å². The lowest BCUT2D eigenvalue weighted by Crippen LogP contribution is -2.51. The van der Waals surface area contributed by atoms with Gasteiger partial charge in [0.25, 0.3) is 0 Å². The van der Waals surface area contributed by atoms with Crippen molar-refractivity contribution in [3.05, 3.63) is 29.8 Å². The molecular weight excluding hydrogens is 336 g/mol. The maximum absolute atomic E-state index is 12.6. The van der Waals surface area contributed by atoms with E-state index in [4.69, 9.17) is 4.74 Å². The van der Waals surface area contributed by atoms with Crippen LogP contribution in [0.2, 0.25) is 0 Å². The van der Waals surface area contributed by atoms with Crippen LogP contribution >= 0.6 is 0 Å². The van der Waals surface area contributed by atoms with Gasteiger partial charge in [-0.3, -0.25) is 4.90 Å². The maximum Gasteiger partial charge on any atom is 0.240 e. The summed E-state index contributed by atoms with van der Waals surface area (Å²) in [5, 5.41) is 0. The lowest BCUT2D eigenvalue weighted by Gasteiger charge is -2.36. The van der Waals surface area contributed by atoms with Crippen molar-refractivity contribution in [1.82, 2.24) is 9.62 Å². The molecule has 0 unspecified atom stereocenters. The molecule has 1 aliphatic heterocycles. The normalized spacial score (nSPS) is 18.5. The molecule has 1 aromatic rings. The van der Waals surface area contributed by atoms with E-state index in [1.54, 1.807) is 12.1 Å². The van der Waals surface area contributed by atoms with Crippen molar-refractivity contribution < 1.29 is 13.2 Å². The van der Waals surface area contributed by atoms with Crippen LogP contribution in [0.3, 0.4) is 0 Å². The van der Waals surface area contributed by atoms with Crippen molar-refractivity contribution >= 4 is 10.0 Å². The number of sulfonamides is 1. The third kappa shape index (κ3) is 5.51. The van der Waals surface area contributed by atoms with Crippen molar-refractivity contribution in [2.24, 2.45) is 5.92 Å². The Morgan fingerprint density at radius 2 is 1.68 bits per heavy atom. The molecule has 0 radical (unpaired) electrons. The summed E-state index contributed by atoms with van der Waals surface area (Å²) < 4.78 is 33.5. The van der Waals surface area contributed by atoms with Crippen molar-refractivity contribution in [3.8, 4) is 0 Å². The molecule has 0 aromatic heterocycles. The Kier molecular flexibility index (Phi) is 6.65. The van der Waals surface area contributed by atoms with Gasteiger partial charge in [-0.2, -0.15) is 0 Å². The van der Waals surface area contributed by atoms with Crippen LogP contribution in [0.25, 0.3) is 0 Å². The predicted octanol–water partition coefficient (Wildman–Crippen LogP) is 2.62. The number of ether oxygens (including phenoxy) is 1. The van der Waals surface area contributed by atoms with Crippen molar-refractivity contribution in [3.63, 3.8) is 0 Å². The first-order chi connectivity index (χ1) is 11.6. The molecule has 0 spiro atoms. The zero-order chi connectivity index (χ0) is 18.7. The second-order valence-electron chi connectivity index (χ2n) is 8.09. The predicted molar refractivity (Wildman–Crippen MR) is 101 cm³/mol. The number of benzene rings is 1. The zero-order valence-electron chi connectivity index (χ0n) is 16.1. The molecule has 6 heteroatoms. The number of hydrogen-bond donors (Lipinski definition) is 1. The topological polar surface area (TPSA) is 58.6 Å². The van der Waals surface area contributed by atoms with E-state index >= 15 is 0 Å². The Morgan fingerprint density at radius 1 is 1.12 bits per heavy atom. The molecule has 1 saturated heterocycles. The minimum absolute atomic E-state index is 0.00872. The molecule has 0 saturated carbocycles. The molecule has 2 rings (SSSR count). The van der Waals surface area contributed by atoms with Crippen LogP contribution < -0.4 is 4.72 Å². The Labute approximate surface area is 152 Å². The van der Waals surface area contributed by atoms with Gasteiger partial charge in [-0.05, 0) is 29.0 Å². The van der Waals surface area contributed by atoms with Crippen molar-refractivity contribution in [2.75, 3.05) is 32.8 Å². The van der Waals surface area contributed by atoms with E-state index < -0.39 is 10.0 Å². The minimum atomic E-state index is -3.50. The van der Waals surface area contributed by atoms with Gasteiger partial charge in [-0.1, -0.05) is 46.8 Å². The summed E-state index contributed by atoms with van der Waals surface area (Å²) in [4.78, 5) is 2.64. The van der Waals surface area contributed by atoms with E-state index in [0.29, 0.717) is 30.6 Å². The minimum Gasteiger partial charge on any atom is -0.379 e. The van der Waals surface area contributed by atoms with Crippen LogP contribution in [0.1, 0.15) is 40.2 Å². The monoisotopic (exact) mass is 368 g/mol. The number of morpholine rings is 1. The van der Waals surface area contributed by atoms with Gasteiger partial charge in [0.15, 0.2) is 0 Å². The van der Waals surface area contributed by atoms with Gasteiger partial charge >= 0.3 is 0 Å². The molecule has 1 aliphatic rings. The zero-order valence-corrected chi connectivity index (χ0v) is 16.9. The Bertz CT molecular complexity index is 642. The van der Waals surface area contributed by atoms with Gasteiger partial charge in [-0.15, -0.1) is 0 Å². The summed E-state index contributed by atoms with van der Waals surface area (Å²) >= 11 is 0. The van der Waals surface area contributed by atoms with E-state index in [1.807, 2.05) is 12.1 Å². The number of nitrogens with zero attached hydrogens (tertiary/aromatic N) is 1. The molecule has 1 N–H and O–H groups in total. The molecule has 0 aliphatic carbocycles. The van der Waals surface area contributed by atoms with Crippen LogP contribution in [-0.2, 0) is 20.2 Å². The highest BCUT2D eigenvalue weighted by molar-refractivity contribution is 7.89. The molecule has 1 heterocycles. The van der Waals surface area contributed by atoms with Crippen molar-refractivity contribution in [1.29, 1.82) is 0 Å². The maximum atomic E-state index is 12.6. The van der Waals surface area contributed by atoms with Crippen LogP contribution in [-0.4, -0.2) is 52.2 Å². The summed E-state index contributed by atoms with van der Waals surface area (Å²) in [7, 11) is -3.50. The third-order valence-electron chi connectivity index (χ3n) is 4.80. The highest BCUT2D eigenvalue weighted by Gasteiger charge is 2.26. The highest BCUT2D eigenvalue weighted by atomic mass is 32.2. The van der Waals surface area contributed by atoms with E-state index in [2.05, 4.69) is 44.2 Å². The van der Waals surface area contributed by atoms with Crippen LogP contribution in [0.4, 0.5) is 0 Å². The van der Waals surface area contributed by atoms with Gasteiger partial charge in [-0.25, -0.2) is 13.1 Å². The largest absolute Gasteiger partial charge is 0.379 e. The van der Waals surface area contributed by atoms with Gasteiger partial charge in [0.1, 0.15) is 0 Å². The SMILES string of the molecule is CC(C)[C@@H](CNS(=O)(=O)c1ccc(C(C)(C)C)cc1)N1CCOCC1. The van der Waals surface area contributed by atoms with Gasteiger partial charge in [0.2, 0.25) is 10.0 Å². The van der Waals surface area contributed by atoms with Crippen LogP contribution in [0.15, 0.2) is 29.2 Å². The fourth-order valence-corrected chi connectivity index (χ4v) is 4.16. The number of hydrogen-bond acceptors (Lipinski definition) is 4. The first-order valence-electron chi connectivity index (χ1n) is 9.03. The smallest absolute Gasteiger partial charge is 0.240 e. The Hall–Kier alpha value is -0.950. The molecule has 1 aromatic carbocycles. The molecule has 142 valence electrons. The molecule has 1 fully saturated rings.